The highest BCUT2D eigenvalue weighted by atomic mass is 35.5. The van der Waals surface area contributed by atoms with Crippen molar-refractivity contribution in [2.24, 2.45) is 0 Å². The molecule has 4 rings (SSSR count). The Balaban J connectivity index is 1.80. The highest BCUT2D eigenvalue weighted by Gasteiger charge is 2.32. The molecule has 1 fully saturated rings. The van der Waals surface area contributed by atoms with Gasteiger partial charge >= 0.3 is 0 Å². The zero-order valence-corrected chi connectivity index (χ0v) is 15.6. The minimum absolute atomic E-state index is 0.0500. The maximum absolute atomic E-state index is 12.4. The molecule has 0 radical (unpaired) electrons. The Morgan fingerprint density at radius 3 is 2.88 bits per heavy atom. The summed E-state index contributed by atoms with van der Waals surface area (Å²) in [6, 6.07) is 16.1. The third-order valence-electron chi connectivity index (χ3n) is 5.09. The first-order valence-electron chi connectivity index (χ1n) is 9.16. The van der Waals surface area contributed by atoms with Gasteiger partial charge in [-0.2, -0.15) is 0 Å². The molecular formula is C21H22ClN3O. The minimum atomic E-state index is 0.0500. The molecule has 0 N–H and O–H groups in total. The van der Waals surface area contributed by atoms with E-state index < -0.39 is 0 Å². The minimum Gasteiger partial charge on any atom is -0.333 e. The Morgan fingerprint density at radius 1 is 1.23 bits per heavy atom. The molecule has 0 bridgehead atoms. The monoisotopic (exact) mass is 367 g/mol. The van der Waals surface area contributed by atoms with E-state index in [0.717, 1.165) is 46.8 Å². The van der Waals surface area contributed by atoms with Crippen LogP contribution in [0.2, 0.25) is 5.02 Å². The maximum atomic E-state index is 12.4. The van der Waals surface area contributed by atoms with E-state index in [1.165, 1.54) is 0 Å². The number of hydrogen-bond donors (Lipinski definition) is 0. The van der Waals surface area contributed by atoms with Crippen molar-refractivity contribution < 1.29 is 4.79 Å². The van der Waals surface area contributed by atoms with Gasteiger partial charge in [-0.1, -0.05) is 42.8 Å². The van der Waals surface area contributed by atoms with Gasteiger partial charge in [0.1, 0.15) is 5.82 Å². The lowest BCUT2D eigenvalue weighted by Crippen LogP contribution is -2.31. The summed E-state index contributed by atoms with van der Waals surface area (Å²) >= 11 is 6.18. The molecular weight excluding hydrogens is 346 g/mol. The average Bonchev–Trinajstić information content (AvgIpc) is 3.26. The quantitative estimate of drug-likeness (QED) is 0.663. The number of imidazole rings is 1. The van der Waals surface area contributed by atoms with Gasteiger partial charge in [0.15, 0.2) is 0 Å². The number of hydrogen-bond acceptors (Lipinski definition) is 2. The third-order valence-corrected chi connectivity index (χ3v) is 5.32. The van der Waals surface area contributed by atoms with Crippen LogP contribution in [0.25, 0.3) is 11.0 Å². The van der Waals surface area contributed by atoms with Crippen LogP contribution in [0.3, 0.4) is 0 Å². The van der Waals surface area contributed by atoms with E-state index in [4.69, 9.17) is 16.6 Å². The van der Waals surface area contributed by atoms with Gasteiger partial charge in [-0.25, -0.2) is 4.98 Å². The molecule has 1 aliphatic rings. The molecule has 0 unspecified atom stereocenters. The lowest BCUT2D eigenvalue weighted by Gasteiger charge is -2.25. The molecule has 26 heavy (non-hydrogen) atoms. The van der Waals surface area contributed by atoms with Crippen LogP contribution in [0.15, 0.2) is 48.5 Å². The maximum Gasteiger partial charge on any atom is 0.222 e. The van der Waals surface area contributed by atoms with E-state index in [-0.39, 0.29) is 11.9 Å². The smallest absolute Gasteiger partial charge is 0.222 e. The van der Waals surface area contributed by atoms with Crippen LogP contribution in [0.1, 0.15) is 43.6 Å². The zero-order valence-electron chi connectivity index (χ0n) is 14.9. The van der Waals surface area contributed by atoms with E-state index >= 15 is 0 Å². The summed E-state index contributed by atoms with van der Waals surface area (Å²) in [6.07, 6.45) is 2.52. The number of amides is 1. The predicted molar refractivity (Wildman–Crippen MR) is 104 cm³/mol. The fourth-order valence-corrected chi connectivity index (χ4v) is 4.08. The number of nitrogens with zero attached hydrogens (tertiary/aromatic N) is 3. The Bertz CT molecular complexity index is 949. The first-order valence-corrected chi connectivity index (χ1v) is 9.54. The van der Waals surface area contributed by atoms with Gasteiger partial charge in [-0.05, 0) is 42.7 Å². The van der Waals surface area contributed by atoms with Crippen LogP contribution in [-0.2, 0) is 11.3 Å². The van der Waals surface area contributed by atoms with Crippen molar-refractivity contribution in [2.75, 3.05) is 6.54 Å². The number of benzene rings is 2. The second kappa shape index (κ2) is 7.12. The van der Waals surface area contributed by atoms with Crippen LogP contribution in [0.4, 0.5) is 0 Å². The Hall–Kier alpha value is -2.33. The molecule has 1 aromatic heterocycles. The van der Waals surface area contributed by atoms with E-state index in [1.54, 1.807) is 0 Å². The molecule has 3 aromatic rings. The number of carbonyl (C=O) groups is 1. The molecule has 0 aliphatic carbocycles. The van der Waals surface area contributed by atoms with Crippen molar-refractivity contribution in [3.8, 4) is 0 Å². The second-order valence-corrected chi connectivity index (χ2v) is 7.21. The van der Waals surface area contributed by atoms with Crippen molar-refractivity contribution in [1.82, 2.24) is 14.5 Å². The number of fused-ring (bicyclic) bond motifs is 1. The summed E-state index contributed by atoms with van der Waals surface area (Å²) in [5, 5.41) is 0.733. The molecule has 134 valence electrons. The standard InChI is InChI=1S/C21H22ClN3O/c1-2-20(26)24-12-6-11-19(24)21-23-17-9-3-4-10-18(17)25(21)14-15-7-5-8-16(22)13-15/h3-5,7-10,13,19H,2,6,11-12,14H2,1H3/t19-/m0/s1. The van der Waals surface area contributed by atoms with Crippen molar-refractivity contribution >= 4 is 28.5 Å². The third kappa shape index (κ3) is 3.10. The predicted octanol–water partition coefficient (Wildman–Crippen LogP) is 4.81. The SMILES string of the molecule is CCC(=O)N1CCC[C@H]1c1nc2ccccc2n1Cc1cccc(Cl)c1. The van der Waals surface area contributed by atoms with Gasteiger partial charge in [0.05, 0.1) is 17.1 Å². The van der Waals surface area contributed by atoms with Crippen molar-refractivity contribution in [2.45, 2.75) is 38.8 Å². The van der Waals surface area contributed by atoms with E-state index in [1.807, 2.05) is 48.2 Å². The molecule has 0 saturated carbocycles. The summed E-state index contributed by atoms with van der Waals surface area (Å²) < 4.78 is 2.24. The van der Waals surface area contributed by atoms with Crippen molar-refractivity contribution in [3.63, 3.8) is 0 Å². The average molecular weight is 368 g/mol. The van der Waals surface area contributed by atoms with Gasteiger partial charge in [0.25, 0.3) is 0 Å². The number of likely N-dealkylation sites (tertiary alicyclic amines) is 1. The number of rotatable bonds is 4. The van der Waals surface area contributed by atoms with Gasteiger partial charge in [0, 0.05) is 24.5 Å². The highest BCUT2D eigenvalue weighted by molar-refractivity contribution is 6.30. The molecule has 0 spiro atoms. The van der Waals surface area contributed by atoms with E-state index in [9.17, 15) is 4.79 Å². The first-order chi connectivity index (χ1) is 12.7. The van der Waals surface area contributed by atoms with E-state index in [2.05, 4.69) is 16.7 Å². The highest BCUT2D eigenvalue weighted by Crippen LogP contribution is 2.34. The summed E-state index contributed by atoms with van der Waals surface area (Å²) in [4.78, 5) is 19.3. The Morgan fingerprint density at radius 2 is 2.08 bits per heavy atom. The molecule has 5 heteroatoms. The van der Waals surface area contributed by atoms with Crippen molar-refractivity contribution in [3.05, 3.63) is 64.9 Å². The normalized spacial score (nSPS) is 17.2. The van der Waals surface area contributed by atoms with Crippen molar-refractivity contribution in [1.29, 1.82) is 0 Å². The lowest BCUT2D eigenvalue weighted by molar-refractivity contribution is -0.131. The second-order valence-electron chi connectivity index (χ2n) is 6.77. The first kappa shape index (κ1) is 17.1. The molecule has 1 saturated heterocycles. The van der Waals surface area contributed by atoms with Gasteiger partial charge in [-0.3, -0.25) is 4.79 Å². The zero-order chi connectivity index (χ0) is 18.1. The number of para-hydroxylation sites is 2. The summed E-state index contributed by atoms with van der Waals surface area (Å²) in [6.45, 7) is 3.44. The van der Waals surface area contributed by atoms with Crippen LogP contribution in [-0.4, -0.2) is 26.9 Å². The molecule has 2 heterocycles. The van der Waals surface area contributed by atoms with Gasteiger partial charge < -0.3 is 9.47 Å². The van der Waals surface area contributed by atoms with E-state index in [0.29, 0.717) is 13.0 Å². The topological polar surface area (TPSA) is 38.1 Å². The molecule has 1 atom stereocenters. The summed E-state index contributed by atoms with van der Waals surface area (Å²) in [5.74, 6) is 1.18. The van der Waals surface area contributed by atoms with Crippen LogP contribution in [0.5, 0.6) is 0 Å². The van der Waals surface area contributed by atoms with Crippen LogP contribution in [0, 0.1) is 0 Å². The van der Waals surface area contributed by atoms with Crippen LogP contribution < -0.4 is 0 Å². The number of halogens is 1. The number of aromatic nitrogens is 2. The fourth-order valence-electron chi connectivity index (χ4n) is 3.87. The summed E-state index contributed by atoms with van der Waals surface area (Å²) in [5.41, 5.74) is 3.20. The largest absolute Gasteiger partial charge is 0.333 e. The molecule has 1 aliphatic heterocycles. The molecule has 4 nitrogen and oxygen atoms in total. The van der Waals surface area contributed by atoms with Crippen LogP contribution >= 0.6 is 11.6 Å². The van der Waals surface area contributed by atoms with Gasteiger partial charge in [-0.15, -0.1) is 0 Å². The number of carbonyl (C=O) groups excluding carboxylic acids is 1. The fraction of sp³-hybridized carbons (Fsp3) is 0.333. The molecule has 2 aromatic carbocycles. The molecule has 1 amide bonds. The summed E-state index contributed by atoms with van der Waals surface area (Å²) in [7, 11) is 0. The Kier molecular flexibility index (Phi) is 4.68. The Labute approximate surface area is 158 Å². The van der Waals surface area contributed by atoms with Gasteiger partial charge in [0.2, 0.25) is 5.91 Å². The lowest BCUT2D eigenvalue weighted by atomic mass is 10.1.